The van der Waals surface area contributed by atoms with E-state index in [0.29, 0.717) is 50.3 Å². The minimum absolute atomic E-state index is 0.0420. The van der Waals surface area contributed by atoms with Crippen LogP contribution in [0.4, 0.5) is 23.2 Å². The minimum Gasteiger partial charge on any atom is -0.490 e. The molecule has 0 amide bonds. The number of rotatable bonds is 6. The van der Waals surface area contributed by atoms with Crippen molar-refractivity contribution in [3.63, 3.8) is 0 Å². The highest BCUT2D eigenvalue weighted by Gasteiger charge is 2.44. The van der Waals surface area contributed by atoms with E-state index in [1.807, 2.05) is 4.90 Å². The number of ether oxygens (including phenoxy) is 1. The van der Waals surface area contributed by atoms with Crippen molar-refractivity contribution < 1.29 is 37.6 Å². The summed E-state index contributed by atoms with van der Waals surface area (Å²) in [5, 5.41) is 32.5. The van der Waals surface area contributed by atoms with Gasteiger partial charge < -0.3 is 25.0 Å². The number of hydrogen-bond donors (Lipinski definition) is 3. The lowest BCUT2D eigenvalue weighted by atomic mass is 9.86. The highest BCUT2D eigenvalue weighted by Crippen LogP contribution is 2.31. The van der Waals surface area contributed by atoms with Crippen molar-refractivity contribution in [2.45, 2.75) is 36.6 Å². The monoisotopic (exact) mass is 484 g/mol. The summed E-state index contributed by atoms with van der Waals surface area (Å²) in [6.07, 6.45) is -0.174. The second-order valence-corrected chi connectivity index (χ2v) is 9.27. The first-order valence-electron chi connectivity index (χ1n) is 11.2. The molecule has 3 N–H and O–H groups in total. The van der Waals surface area contributed by atoms with Crippen molar-refractivity contribution in [1.82, 2.24) is 4.90 Å². The minimum atomic E-state index is -1.76. The topological polar surface area (TPSA) is 76.4 Å². The second kappa shape index (κ2) is 9.69. The number of para-hydroxylation sites is 1. The van der Waals surface area contributed by atoms with E-state index >= 15 is 0 Å². The lowest BCUT2D eigenvalue weighted by Crippen LogP contribution is -2.62. The summed E-state index contributed by atoms with van der Waals surface area (Å²) < 4.78 is 59.4. The highest BCUT2D eigenvalue weighted by molar-refractivity contribution is 5.48. The summed E-state index contributed by atoms with van der Waals surface area (Å²) in [7, 11) is 0. The van der Waals surface area contributed by atoms with Gasteiger partial charge in [-0.2, -0.15) is 0 Å². The molecule has 2 saturated heterocycles. The molecule has 4 rings (SSSR count). The zero-order valence-corrected chi connectivity index (χ0v) is 18.6. The van der Waals surface area contributed by atoms with Gasteiger partial charge in [-0.15, -0.1) is 0 Å². The van der Waals surface area contributed by atoms with Crippen LogP contribution in [0.25, 0.3) is 0 Å². The summed E-state index contributed by atoms with van der Waals surface area (Å²) in [5.41, 5.74) is -2.33. The van der Waals surface area contributed by atoms with Crippen LogP contribution in [-0.4, -0.2) is 76.9 Å². The molecule has 0 bridgehead atoms. The van der Waals surface area contributed by atoms with Gasteiger partial charge in [-0.1, -0.05) is 12.1 Å². The van der Waals surface area contributed by atoms with Crippen LogP contribution in [-0.2, 0) is 0 Å². The third kappa shape index (κ3) is 5.30. The number of anilines is 1. The number of hydrogen-bond acceptors (Lipinski definition) is 6. The molecule has 2 fully saturated rings. The molecule has 0 saturated carbocycles. The quantitative estimate of drug-likeness (QED) is 0.432. The van der Waals surface area contributed by atoms with Crippen LogP contribution in [0.2, 0.25) is 0 Å². The first kappa shape index (κ1) is 24.7. The van der Waals surface area contributed by atoms with Gasteiger partial charge in [0, 0.05) is 44.9 Å². The lowest BCUT2D eigenvalue weighted by Gasteiger charge is -2.46. The SMILES string of the molecule is O[C@H]1CCN(CC2(O)CCN(c3ccccc3F)CC2)C[C@]1(O)COc1cc(F)c(F)c(F)c1. The molecule has 34 heavy (non-hydrogen) atoms. The molecule has 6 nitrogen and oxygen atoms in total. The predicted molar refractivity (Wildman–Crippen MR) is 117 cm³/mol. The fourth-order valence-corrected chi connectivity index (χ4v) is 4.69. The Kier molecular flexibility index (Phi) is 7.04. The van der Waals surface area contributed by atoms with Crippen molar-refractivity contribution in [1.29, 1.82) is 0 Å². The van der Waals surface area contributed by atoms with Crippen LogP contribution in [0.1, 0.15) is 19.3 Å². The average Bonchev–Trinajstić information content (AvgIpc) is 2.79. The molecule has 2 aromatic carbocycles. The smallest absolute Gasteiger partial charge is 0.194 e. The molecule has 2 heterocycles. The van der Waals surface area contributed by atoms with Crippen molar-refractivity contribution in [2.75, 3.05) is 44.2 Å². The molecule has 2 aliphatic rings. The summed E-state index contributed by atoms with van der Waals surface area (Å²) in [4.78, 5) is 3.69. The van der Waals surface area contributed by atoms with Gasteiger partial charge in [-0.3, -0.25) is 4.90 Å². The number of aliphatic hydroxyl groups is 3. The number of nitrogens with zero attached hydrogens (tertiary/aromatic N) is 2. The molecule has 0 unspecified atom stereocenters. The number of β-amino-alcohol motifs (C(OH)–C–C–N with tert-alkyl or cyclic N) is 2. The van der Waals surface area contributed by atoms with Gasteiger partial charge in [0.15, 0.2) is 17.5 Å². The van der Waals surface area contributed by atoms with Crippen molar-refractivity contribution in [2.24, 2.45) is 0 Å². The highest BCUT2D eigenvalue weighted by atomic mass is 19.2. The average molecular weight is 484 g/mol. The van der Waals surface area contributed by atoms with Gasteiger partial charge in [0.2, 0.25) is 0 Å². The van der Waals surface area contributed by atoms with E-state index in [2.05, 4.69) is 0 Å². The number of benzene rings is 2. The fourth-order valence-electron chi connectivity index (χ4n) is 4.69. The Hall–Kier alpha value is -2.40. The number of halogens is 4. The van der Waals surface area contributed by atoms with E-state index < -0.39 is 41.4 Å². The molecule has 2 aromatic rings. The summed E-state index contributed by atoms with van der Waals surface area (Å²) >= 11 is 0. The Morgan fingerprint density at radius 3 is 2.24 bits per heavy atom. The number of aliphatic hydroxyl groups excluding tert-OH is 1. The van der Waals surface area contributed by atoms with E-state index in [4.69, 9.17) is 4.74 Å². The number of likely N-dealkylation sites (tertiary alicyclic amines) is 1. The lowest BCUT2D eigenvalue weighted by molar-refractivity contribution is -0.149. The summed E-state index contributed by atoms with van der Waals surface area (Å²) in [5.74, 6) is -5.09. The molecule has 0 aliphatic carbocycles. The van der Waals surface area contributed by atoms with Crippen LogP contribution in [0.5, 0.6) is 5.75 Å². The molecular weight excluding hydrogens is 456 g/mol. The van der Waals surface area contributed by atoms with E-state index in [-0.39, 0.29) is 31.1 Å². The molecular formula is C24H28F4N2O4. The van der Waals surface area contributed by atoms with Crippen LogP contribution < -0.4 is 9.64 Å². The van der Waals surface area contributed by atoms with Gasteiger partial charge in [-0.25, -0.2) is 17.6 Å². The molecule has 186 valence electrons. The van der Waals surface area contributed by atoms with Gasteiger partial charge in [0.25, 0.3) is 0 Å². The summed E-state index contributed by atoms with van der Waals surface area (Å²) in [6.45, 7) is 1.05. The fraction of sp³-hybridized carbons (Fsp3) is 0.500. The maximum Gasteiger partial charge on any atom is 0.194 e. The first-order valence-corrected chi connectivity index (χ1v) is 11.2. The largest absolute Gasteiger partial charge is 0.490 e. The van der Waals surface area contributed by atoms with Crippen LogP contribution >= 0.6 is 0 Å². The van der Waals surface area contributed by atoms with Gasteiger partial charge >= 0.3 is 0 Å². The third-order valence-electron chi connectivity index (χ3n) is 6.69. The second-order valence-electron chi connectivity index (χ2n) is 9.27. The predicted octanol–water partition coefficient (Wildman–Crippen LogP) is 2.45. The van der Waals surface area contributed by atoms with Crippen LogP contribution in [0.15, 0.2) is 36.4 Å². The molecule has 2 aliphatic heterocycles. The van der Waals surface area contributed by atoms with E-state index in [0.717, 1.165) is 0 Å². The Morgan fingerprint density at radius 1 is 0.941 bits per heavy atom. The van der Waals surface area contributed by atoms with Crippen molar-refractivity contribution in [3.05, 3.63) is 59.7 Å². The Bertz CT molecular complexity index is 995. The van der Waals surface area contributed by atoms with Gasteiger partial charge in [-0.05, 0) is 31.4 Å². The van der Waals surface area contributed by atoms with Crippen molar-refractivity contribution >= 4 is 5.69 Å². The summed E-state index contributed by atoms with van der Waals surface area (Å²) in [6, 6.07) is 7.81. The maximum atomic E-state index is 14.1. The Labute approximate surface area is 195 Å². The Balaban J connectivity index is 1.36. The van der Waals surface area contributed by atoms with Gasteiger partial charge in [0.1, 0.15) is 23.8 Å². The van der Waals surface area contributed by atoms with Crippen LogP contribution in [0.3, 0.4) is 0 Å². The maximum absolute atomic E-state index is 14.1. The Morgan fingerprint density at radius 2 is 1.59 bits per heavy atom. The molecule has 10 heteroatoms. The number of piperidine rings is 2. The molecule has 0 aromatic heterocycles. The normalized spacial score (nSPS) is 25.4. The van der Waals surface area contributed by atoms with Crippen molar-refractivity contribution in [3.8, 4) is 5.75 Å². The standard InChI is InChI=1S/C24H28F4N2O4/c25-17-3-1-2-4-20(17)30-9-6-23(32,7-10-30)13-29-8-5-21(31)24(33,14-29)15-34-16-11-18(26)22(28)19(27)12-16/h1-4,11-12,21,31-33H,5-10,13-15H2/t21-,24-/m0/s1. The zero-order valence-electron chi connectivity index (χ0n) is 18.6. The van der Waals surface area contributed by atoms with Gasteiger partial charge in [0.05, 0.1) is 17.4 Å². The molecule has 0 radical (unpaired) electrons. The van der Waals surface area contributed by atoms with E-state index in [9.17, 15) is 32.9 Å². The zero-order chi connectivity index (χ0) is 24.5. The molecule has 0 spiro atoms. The van der Waals surface area contributed by atoms with E-state index in [1.165, 1.54) is 6.07 Å². The molecule has 2 atom stereocenters. The third-order valence-corrected chi connectivity index (χ3v) is 6.69. The van der Waals surface area contributed by atoms with E-state index in [1.54, 1.807) is 23.1 Å². The van der Waals surface area contributed by atoms with Crippen LogP contribution in [0, 0.1) is 23.3 Å². The first-order chi connectivity index (χ1) is 16.1.